The number of aromatic nitrogens is 1. The van der Waals surface area contributed by atoms with E-state index in [0.717, 1.165) is 24.1 Å². The second-order valence-electron chi connectivity index (χ2n) is 5.28. The molecule has 98 valence electrons. The van der Waals surface area contributed by atoms with Crippen molar-refractivity contribution in [3.63, 3.8) is 0 Å². The summed E-state index contributed by atoms with van der Waals surface area (Å²) in [4.78, 5) is 4.52. The number of benzene rings is 1. The standard InChI is InChI=1S/C17H19NO/c1-2-17(19,14-8-4-3-5-9-14)15-11-10-13-7-6-12-18-16(13)15/h3-9,12,15,19H,2,10-11H2,1H3. The summed E-state index contributed by atoms with van der Waals surface area (Å²) >= 11 is 0. The summed E-state index contributed by atoms with van der Waals surface area (Å²) in [7, 11) is 0. The number of fused-ring (bicyclic) bond motifs is 1. The summed E-state index contributed by atoms with van der Waals surface area (Å²) in [6.07, 6.45) is 4.53. The van der Waals surface area contributed by atoms with Crippen molar-refractivity contribution in [1.82, 2.24) is 4.98 Å². The van der Waals surface area contributed by atoms with Crippen LogP contribution in [-0.2, 0) is 12.0 Å². The number of nitrogens with zero attached hydrogens (tertiary/aromatic N) is 1. The molecule has 1 aliphatic carbocycles. The van der Waals surface area contributed by atoms with Gasteiger partial charge in [-0.05, 0) is 36.5 Å². The molecule has 2 heteroatoms. The second kappa shape index (κ2) is 4.78. The van der Waals surface area contributed by atoms with Crippen LogP contribution in [0.2, 0.25) is 0 Å². The molecular formula is C17H19NO. The second-order valence-corrected chi connectivity index (χ2v) is 5.28. The SMILES string of the molecule is CCC(O)(c1ccccc1)C1CCc2cccnc21. The van der Waals surface area contributed by atoms with E-state index >= 15 is 0 Å². The maximum Gasteiger partial charge on any atom is 0.0977 e. The fourth-order valence-corrected chi connectivity index (χ4v) is 3.26. The minimum absolute atomic E-state index is 0.108. The van der Waals surface area contributed by atoms with Crippen LogP contribution in [0.5, 0.6) is 0 Å². The fraction of sp³-hybridized carbons (Fsp3) is 0.353. The Kier molecular flexibility index (Phi) is 3.11. The first-order chi connectivity index (χ1) is 9.25. The van der Waals surface area contributed by atoms with Gasteiger partial charge in [0.15, 0.2) is 0 Å². The van der Waals surface area contributed by atoms with Crippen molar-refractivity contribution in [3.8, 4) is 0 Å². The van der Waals surface area contributed by atoms with Gasteiger partial charge in [0.2, 0.25) is 0 Å². The normalized spacial score (nSPS) is 20.8. The monoisotopic (exact) mass is 253 g/mol. The Labute approximate surface area is 114 Å². The highest BCUT2D eigenvalue weighted by Gasteiger charge is 2.41. The van der Waals surface area contributed by atoms with Crippen LogP contribution < -0.4 is 0 Å². The van der Waals surface area contributed by atoms with Crippen molar-refractivity contribution >= 4 is 0 Å². The summed E-state index contributed by atoms with van der Waals surface area (Å²) in [5, 5.41) is 11.2. The lowest BCUT2D eigenvalue weighted by Gasteiger charge is -2.33. The molecule has 2 aromatic rings. The van der Waals surface area contributed by atoms with E-state index in [2.05, 4.69) is 11.1 Å². The zero-order valence-corrected chi connectivity index (χ0v) is 11.2. The van der Waals surface area contributed by atoms with E-state index in [4.69, 9.17) is 0 Å². The molecule has 1 aromatic heterocycles. The third-order valence-corrected chi connectivity index (χ3v) is 4.35. The molecule has 0 amide bonds. The molecule has 0 aliphatic heterocycles. The number of hydrogen-bond acceptors (Lipinski definition) is 2. The first-order valence-corrected chi connectivity index (χ1v) is 6.97. The Hall–Kier alpha value is -1.67. The number of aryl methyl sites for hydroxylation is 1. The molecular weight excluding hydrogens is 234 g/mol. The van der Waals surface area contributed by atoms with Crippen molar-refractivity contribution in [2.45, 2.75) is 37.7 Å². The molecule has 0 bridgehead atoms. The molecule has 2 atom stereocenters. The molecule has 0 spiro atoms. The predicted molar refractivity (Wildman–Crippen MR) is 75.9 cm³/mol. The predicted octanol–water partition coefficient (Wildman–Crippen LogP) is 3.41. The highest BCUT2D eigenvalue weighted by atomic mass is 16.3. The first kappa shape index (κ1) is 12.4. The van der Waals surface area contributed by atoms with Crippen molar-refractivity contribution in [1.29, 1.82) is 0 Å². The maximum absolute atomic E-state index is 11.2. The first-order valence-electron chi connectivity index (χ1n) is 6.97. The summed E-state index contributed by atoms with van der Waals surface area (Å²) in [5.41, 5.74) is 2.56. The minimum Gasteiger partial charge on any atom is -0.384 e. The van der Waals surface area contributed by atoms with E-state index in [1.54, 1.807) is 0 Å². The van der Waals surface area contributed by atoms with Crippen LogP contribution in [0.4, 0.5) is 0 Å². The largest absolute Gasteiger partial charge is 0.384 e. The van der Waals surface area contributed by atoms with Crippen molar-refractivity contribution in [2.75, 3.05) is 0 Å². The Morgan fingerprint density at radius 1 is 1.21 bits per heavy atom. The maximum atomic E-state index is 11.2. The van der Waals surface area contributed by atoms with Crippen LogP contribution in [0, 0.1) is 0 Å². The third kappa shape index (κ3) is 1.96. The summed E-state index contributed by atoms with van der Waals surface area (Å²) in [6.45, 7) is 2.05. The highest BCUT2D eigenvalue weighted by Crippen LogP contribution is 2.46. The zero-order valence-electron chi connectivity index (χ0n) is 11.2. The van der Waals surface area contributed by atoms with Gasteiger partial charge in [-0.15, -0.1) is 0 Å². The van der Waals surface area contributed by atoms with Gasteiger partial charge in [0.1, 0.15) is 0 Å². The van der Waals surface area contributed by atoms with E-state index in [1.807, 2.05) is 49.5 Å². The van der Waals surface area contributed by atoms with Gasteiger partial charge in [-0.3, -0.25) is 4.98 Å². The molecule has 2 unspecified atom stereocenters. The lowest BCUT2D eigenvalue weighted by atomic mass is 9.78. The van der Waals surface area contributed by atoms with E-state index in [-0.39, 0.29) is 5.92 Å². The van der Waals surface area contributed by atoms with Crippen LogP contribution in [0.25, 0.3) is 0 Å². The van der Waals surface area contributed by atoms with Crippen LogP contribution in [0.3, 0.4) is 0 Å². The van der Waals surface area contributed by atoms with Crippen molar-refractivity contribution in [2.24, 2.45) is 0 Å². The van der Waals surface area contributed by atoms with Gasteiger partial charge in [-0.25, -0.2) is 0 Å². The van der Waals surface area contributed by atoms with Gasteiger partial charge in [-0.2, -0.15) is 0 Å². The molecule has 0 saturated heterocycles. The smallest absolute Gasteiger partial charge is 0.0977 e. The quantitative estimate of drug-likeness (QED) is 0.909. The van der Waals surface area contributed by atoms with Gasteiger partial charge >= 0.3 is 0 Å². The minimum atomic E-state index is -0.805. The molecule has 0 fully saturated rings. The summed E-state index contributed by atoms with van der Waals surface area (Å²) in [5.74, 6) is 0.108. The molecule has 19 heavy (non-hydrogen) atoms. The molecule has 2 nitrogen and oxygen atoms in total. The number of aliphatic hydroxyl groups is 1. The summed E-state index contributed by atoms with van der Waals surface area (Å²) < 4.78 is 0. The zero-order chi connectivity index (χ0) is 13.3. The van der Waals surface area contributed by atoms with Crippen LogP contribution in [-0.4, -0.2) is 10.1 Å². The van der Waals surface area contributed by atoms with Gasteiger partial charge < -0.3 is 5.11 Å². The molecule has 0 radical (unpaired) electrons. The third-order valence-electron chi connectivity index (χ3n) is 4.35. The lowest BCUT2D eigenvalue weighted by Crippen LogP contribution is -2.32. The van der Waals surface area contributed by atoms with E-state index in [1.165, 1.54) is 5.56 Å². The molecule has 3 rings (SSSR count). The summed E-state index contributed by atoms with van der Waals surface area (Å²) in [6, 6.07) is 14.1. The van der Waals surface area contributed by atoms with Crippen molar-refractivity contribution < 1.29 is 5.11 Å². The Bertz CT molecular complexity index is 566. The van der Waals surface area contributed by atoms with Crippen LogP contribution >= 0.6 is 0 Å². The van der Waals surface area contributed by atoms with Gasteiger partial charge in [0, 0.05) is 17.8 Å². The molecule has 0 saturated carbocycles. The Balaban J connectivity index is 2.05. The number of hydrogen-bond donors (Lipinski definition) is 1. The molecule has 1 heterocycles. The van der Waals surface area contributed by atoms with Gasteiger partial charge in [0.05, 0.1) is 5.60 Å². The fourth-order valence-electron chi connectivity index (χ4n) is 3.26. The average Bonchev–Trinajstić information content (AvgIpc) is 2.92. The van der Waals surface area contributed by atoms with E-state index in [0.29, 0.717) is 6.42 Å². The van der Waals surface area contributed by atoms with E-state index in [9.17, 15) is 5.11 Å². The molecule has 1 aromatic carbocycles. The van der Waals surface area contributed by atoms with Gasteiger partial charge in [-0.1, -0.05) is 43.3 Å². The number of rotatable bonds is 3. The lowest BCUT2D eigenvalue weighted by molar-refractivity contribution is 0.00215. The van der Waals surface area contributed by atoms with Crippen LogP contribution in [0.15, 0.2) is 48.7 Å². The van der Waals surface area contributed by atoms with Crippen molar-refractivity contribution in [3.05, 3.63) is 65.5 Å². The van der Waals surface area contributed by atoms with Crippen LogP contribution in [0.1, 0.15) is 42.5 Å². The highest BCUT2D eigenvalue weighted by molar-refractivity contribution is 5.35. The topological polar surface area (TPSA) is 33.1 Å². The molecule has 1 aliphatic rings. The average molecular weight is 253 g/mol. The van der Waals surface area contributed by atoms with E-state index < -0.39 is 5.60 Å². The Morgan fingerprint density at radius 3 is 2.74 bits per heavy atom. The number of pyridine rings is 1. The van der Waals surface area contributed by atoms with Gasteiger partial charge in [0.25, 0.3) is 0 Å². The molecule has 1 N–H and O–H groups in total. The Morgan fingerprint density at radius 2 is 2.00 bits per heavy atom.